The molecule has 0 aliphatic heterocycles. The first-order valence-corrected chi connectivity index (χ1v) is 3.33. The van der Waals surface area contributed by atoms with E-state index in [1.165, 1.54) is 0 Å². The zero-order valence-electron chi connectivity index (χ0n) is 4.88. The number of hydrogen-bond acceptors (Lipinski definition) is 4. The fourth-order valence-electron chi connectivity index (χ4n) is 0.158. The Labute approximate surface area is 52.8 Å². The minimum absolute atomic E-state index is 0.377. The molecule has 0 bridgehead atoms. The van der Waals surface area contributed by atoms with E-state index in [-0.39, 0.29) is 5.97 Å². The summed E-state index contributed by atoms with van der Waals surface area (Å²) in [5.74, 6) is -0.377. The van der Waals surface area contributed by atoms with Crippen molar-refractivity contribution in [2.24, 2.45) is 5.73 Å². The molecule has 0 saturated carbocycles. The van der Waals surface area contributed by atoms with Crippen LogP contribution in [-0.4, -0.2) is 18.3 Å². The van der Waals surface area contributed by atoms with Crippen molar-refractivity contribution in [1.82, 2.24) is 0 Å². The Morgan fingerprint density at radius 3 is 2.50 bits per heavy atom. The third-order valence-corrected chi connectivity index (χ3v) is 0.868. The Hall–Kier alpha value is -0.220. The molecule has 0 amide bonds. The van der Waals surface area contributed by atoms with E-state index >= 15 is 0 Å². The molecule has 0 aromatic rings. The van der Waals surface area contributed by atoms with Crippen molar-refractivity contribution in [3.05, 3.63) is 0 Å². The Bertz CT molecular complexity index is 84.1. The van der Waals surface area contributed by atoms with Crippen LogP contribution in [0.4, 0.5) is 0 Å². The van der Waals surface area contributed by atoms with Crippen LogP contribution in [0.3, 0.4) is 0 Å². The van der Waals surface area contributed by atoms with Crippen LogP contribution in [0.2, 0.25) is 0 Å². The highest BCUT2D eigenvalue weighted by atomic mass is 32.2. The van der Waals surface area contributed by atoms with Crippen molar-refractivity contribution < 1.29 is 8.98 Å². The van der Waals surface area contributed by atoms with Crippen LogP contribution < -0.4 is 5.73 Å². The van der Waals surface area contributed by atoms with Crippen molar-refractivity contribution in [2.75, 3.05) is 6.26 Å². The molecule has 0 aliphatic rings. The van der Waals surface area contributed by atoms with Crippen molar-refractivity contribution in [3.8, 4) is 0 Å². The van der Waals surface area contributed by atoms with Gasteiger partial charge in [0.15, 0.2) is 0 Å². The molecule has 0 aromatic carbocycles. The molecule has 1 atom stereocenters. The van der Waals surface area contributed by atoms with Gasteiger partial charge in [-0.2, -0.15) is 0 Å². The van der Waals surface area contributed by atoms with Gasteiger partial charge in [0, 0.05) is 6.26 Å². The summed E-state index contributed by atoms with van der Waals surface area (Å²) in [6.45, 7) is 1.58. The minimum Gasteiger partial charge on any atom is -0.391 e. The topological polar surface area (TPSA) is 52.3 Å². The SMILES string of the molecule is CSOC(=O)[C@H](C)N. The highest BCUT2D eigenvalue weighted by molar-refractivity contribution is 7.94. The molecule has 0 spiro atoms. The van der Waals surface area contributed by atoms with Gasteiger partial charge in [0.1, 0.15) is 6.04 Å². The molecule has 2 N–H and O–H groups in total. The van der Waals surface area contributed by atoms with Crippen LogP contribution in [0, 0.1) is 0 Å². The first kappa shape index (κ1) is 7.78. The minimum atomic E-state index is -0.512. The molecular weight excluding hydrogens is 126 g/mol. The van der Waals surface area contributed by atoms with Crippen LogP contribution in [0.1, 0.15) is 6.92 Å². The lowest BCUT2D eigenvalue weighted by atomic mass is 10.4. The van der Waals surface area contributed by atoms with E-state index in [1.54, 1.807) is 13.2 Å². The molecule has 3 nitrogen and oxygen atoms in total. The zero-order valence-corrected chi connectivity index (χ0v) is 5.70. The first-order valence-electron chi connectivity index (χ1n) is 2.18. The van der Waals surface area contributed by atoms with E-state index < -0.39 is 6.04 Å². The third-order valence-electron chi connectivity index (χ3n) is 0.537. The summed E-state index contributed by atoms with van der Waals surface area (Å²) in [4.78, 5) is 10.4. The van der Waals surface area contributed by atoms with Crippen LogP contribution in [0.25, 0.3) is 0 Å². The molecule has 8 heavy (non-hydrogen) atoms. The van der Waals surface area contributed by atoms with Gasteiger partial charge in [-0.15, -0.1) is 0 Å². The zero-order chi connectivity index (χ0) is 6.57. The summed E-state index contributed by atoms with van der Waals surface area (Å²) in [5, 5.41) is 0. The fourth-order valence-corrected chi connectivity index (χ4v) is 0.474. The maximum Gasteiger partial charge on any atom is 0.334 e. The normalized spacial score (nSPS) is 12.9. The Morgan fingerprint density at radius 2 is 2.38 bits per heavy atom. The first-order chi connectivity index (χ1) is 3.68. The Morgan fingerprint density at radius 1 is 1.88 bits per heavy atom. The van der Waals surface area contributed by atoms with E-state index in [9.17, 15) is 4.79 Å². The van der Waals surface area contributed by atoms with Crippen LogP contribution >= 0.6 is 12.0 Å². The highest BCUT2D eigenvalue weighted by Crippen LogP contribution is 1.96. The van der Waals surface area contributed by atoms with E-state index in [4.69, 9.17) is 5.73 Å². The third kappa shape index (κ3) is 2.87. The predicted molar refractivity (Wildman–Crippen MR) is 33.3 cm³/mol. The molecule has 0 aromatic heterocycles. The molecule has 0 saturated heterocycles. The summed E-state index contributed by atoms with van der Waals surface area (Å²) < 4.78 is 4.46. The second kappa shape index (κ2) is 3.74. The van der Waals surface area contributed by atoms with Gasteiger partial charge in [-0.1, -0.05) is 0 Å². The molecule has 0 heterocycles. The maximum atomic E-state index is 10.4. The van der Waals surface area contributed by atoms with Crippen LogP contribution in [-0.2, 0) is 8.98 Å². The van der Waals surface area contributed by atoms with Gasteiger partial charge in [0.25, 0.3) is 0 Å². The summed E-state index contributed by atoms with van der Waals surface area (Å²) in [6, 6.07) is -0.512. The van der Waals surface area contributed by atoms with Gasteiger partial charge in [-0.25, -0.2) is 4.79 Å². The Kier molecular flexibility index (Phi) is 3.64. The summed E-state index contributed by atoms with van der Waals surface area (Å²) >= 11 is 1.01. The Balaban J connectivity index is 3.33. The molecular formula is C4H9NO2S. The van der Waals surface area contributed by atoms with Gasteiger partial charge in [-0.3, -0.25) is 0 Å². The molecule has 48 valence electrons. The quantitative estimate of drug-likeness (QED) is 0.548. The molecule has 0 fully saturated rings. The molecule has 0 radical (unpaired) electrons. The van der Waals surface area contributed by atoms with Gasteiger partial charge < -0.3 is 9.92 Å². The average Bonchev–Trinajstić information content (AvgIpc) is 1.67. The van der Waals surface area contributed by atoms with Crippen molar-refractivity contribution >= 4 is 18.0 Å². The predicted octanol–water partition coefficient (Wildman–Crippen LogP) is 0.155. The lowest BCUT2D eigenvalue weighted by Crippen LogP contribution is -2.26. The largest absolute Gasteiger partial charge is 0.391 e. The fraction of sp³-hybridized carbons (Fsp3) is 0.750. The molecule has 0 unspecified atom stereocenters. The summed E-state index contributed by atoms with van der Waals surface area (Å²) in [5.41, 5.74) is 5.13. The lowest BCUT2D eigenvalue weighted by molar-refractivity contribution is -0.134. The van der Waals surface area contributed by atoms with Gasteiger partial charge in [0.05, 0.1) is 12.0 Å². The molecule has 0 aliphatic carbocycles. The number of rotatable bonds is 2. The van der Waals surface area contributed by atoms with Gasteiger partial charge in [-0.05, 0) is 6.92 Å². The number of nitrogens with two attached hydrogens (primary N) is 1. The molecule has 0 rings (SSSR count). The van der Waals surface area contributed by atoms with Crippen LogP contribution in [0.5, 0.6) is 0 Å². The lowest BCUT2D eigenvalue weighted by Gasteiger charge is -2.00. The highest BCUT2D eigenvalue weighted by Gasteiger charge is 2.06. The number of hydrogen-bond donors (Lipinski definition) is 1. The van der Waals surface area contributed by atoms with E-state index in [0.717, 1.165) is 12.0 Å². The van der Waals surface area contributed by atoms with Crippen molar-refractivity contribution in [2.45, 2.75) is 13.0 Å². The second-order valence-corrected chi connectivity index (χ2v) is 1.86. The van der Waals surface area contributed by atoms with Crippen molar-refractivity contribution in [3.63, 3.8) is 0 Å². The van der Waals surface area contributed by atoms with Gasteiger partial charge >= 0.3 is 5.97 Å². The van der Waals surface area contributed by atoms with E-state index in [0.29, 0.717) is 0 Å². The van der Waals surface area contributed by atoms with E-state index in [1.807, 2.05) is 0 Å². The standard InChI is InChI=1S/C4H9NO2S/c1-3(5)4(6)7-8-2/h3H,5H2,1-2H3/t3-/m0/s1. The molecule has 4 heteroatoms. The van der Waals surface area contributed by atoms with Gasteiger partial charge in [0.2, 0.25) is 0 Å². The van der Waals surface area contributed by atoms with E-state index in [2.05, 4.69) is 4.18 Å². The number of carbonyl (C=O) groups excluding carboxylic acids is 1. The maximum absolute atomic E-state index is 10.4. The average molecular weight is 135 g/mol. The summed E-state index contributed by atoms with van der Waals surface area (Å²) in [7, 11) is 0. The van der Waals surface area contributed by atoms with Crippen LogP contribution in [0.15, 0.2) is 0 Å². The number of carbonyl (C=O) groups is 1. The van der Waals surface area contributed by atoms with Crippen molar-refractivity contribution in [1.29, 1.82) is 0 Å². The smallest absolute Gasteiger partial charge is 0.334 e. The summed E-state index contributed by atoms with van der Waals surface area (Å²) in [6.07, 6.45) is 1.67. The second-order valence-electron chi connectivity index (χ2n) is 1.36. The monoisotopic (exact) mass is 135 g/mol.